The third-order valence-corrected chi connectivity index (χ3v) is 6.28. The summed E-state index contributed by atoms with van der Waals surface area (Å²) in [5.74, 6) is -4.02. The molecule has 12 heteroatoms. The highest BCUT2D eigenvalue weighted by molar-refractivity contribution is 5.94. The maximum absolute atomic E-state index is 13.3. The van der Waals surface area contributed by atoms with Gasteiger partial charge < -0.3 is 37.6 Å². The molecule has 12 nitrogen and oxygen atoms in total. The summed E-state index contributed by atoms with van der Waals surface area (Å²) in [4.78, 5) is 62.6. The van der Waals surface area contributed by atoms with E-state index in [0.29, 0.717) is 11.1 Å². The fourth-order valence-corrected chi connectivity index (χ4v) is 4.11. The molecule has 0 heterocycles. The molecule has 2 rings (SSSR count). The maximum Gasteiger partial charge on any atom is 0.326 e. The Balaban J connectivity index is 2.14. The summed E-state index contributed by atoms with van der Waals surface area (Å²) < 4.78 is 0. The summed E-state index contributed by atoms with van der Waals surface area (Å²) in [6, 6.07) is 10.3. The number of hydrogen-bond donors (Lipinski definition) is 7. The van der Waals surface area contributed by atoms with Crippen LogP contribution in [0.2, 0.25) is 0 Å². The second kappa shape index (κ2) is 16.0. The zero-order valence-corrected chi connectivity index (χ0v) is 23.2. The number of benzene rings is 2. The standard InChI is InChI=1S/C29H39N5O7/c1-17(2)14-23(28(39)34-24(29(40)41)16-18-6-4-3-5-7-18)33-27(38)22(12-13-25(31)36)32-26(37)21(30)15-19-8-10-20(35)11-9-19/h3-11,17,21-24,35H,12-16,30H2,1-2H3,(H2,31,36)(H,32,37)(H,33,38)(H,34,39)(H,40,41). The molecular formula is C29H39N5O7. The van der Waals surface area contributed by atoms with Gasteiger partial charge in [0, 0.05) is 12.8 Å². The van der Waals surface area contributed by atoms with Crippen molar-refractivity contribution in [2.45, 2.75) is 70.1 Å². The molecule has 0 aliphatic heterocycles. The van der Waals surface area contributed by atoms with Crippen molar-refractivity contribution in [2.24, 2.45) is 17.4 Å². The average Bonchev–Trinajstić information content (AvgIpc) is 2.91. The summed E-state index contributed by atoms with van der Waals surface area (Å²) in [5.41, 5.74) is 12.7. The van der Waals surface area contributed by atoms with Crippen LogP contribution in [0.4, 0.5) is 0 Å². The van der Waals surface area contributed by atoms with Crippen LogP contribution in [0.3, 0.4) is 0 Å². The smallest absolute Gasteiger partial charge is 0.326 e. The van der Waals surface area contributed by atoms with E-state index in [-0.39, 0.29) is 43.8 Å². The third kappa shape index (κ3) is 11.7. The maximum atomic E-state index is 13.3. The van der Waals surface area contributed by atoms with Crippen LogP contribution < -0.4 is 27.4 Å². The molecule has 222 valence electrons. The fraction of sp³-hybridized carbons (Fsp3) is 0.414. The number of rotatable bonds is 16. The van der Waals surface area contributed by atoms with E-state index in [4.69, 9.17) is 11.5 Å². The van der Waals surface area contributed by atoms with E-state index in [9.17, 15) is 34.2 Å². The molecule has 41 heavy (non-hydrogen) atoms. The number of phenolic OH excluding ortho intramolecular Hbond substituents is 1. The zero-order valence-electron chi connectivity index (χ0n) is 23.2. The Bertz CT molecular complexity index is 1190. The molecule has 2 aromatic carbocycles. The van der Waals surface area contributed by atoms with Gasteiger partial charge in [0.1, 0.15) is 23.9 Å². The lowest BCUT2D eigenvalue weighted by atomic mass is 10.0. The first-order valence-corrected chi connectivity index (χ1v) is 13.3. The molecule has 0 radical (unpaired) electrons. The number of primary amides is 1. The lowest BCUT2D eigenvalue weighted by Crippen LogP contribution is -2.57. The molecule has 0 aliphatic carbocycles. The highest BCUT2D eigenvalue weighted by Crippen LogP contribution is 2.12. The first-order chi connectivity index (χ1) is 19.3. The summed E-state index contributed by atoms with van der Waals surface area (Å²) in [7, 11) is 0. The minimum absolute atomic E-state index is 0.0421. The van der Waals surface area contributed by atoms with Crippen molar-refractivity contribution in [3.8, 4) is 5.75 Å². The van der Waals surface area contributed by atoms with E-state index in [1.54, 1.807) is 42.5 Å². The number of aliphatic carboxylic acids is 1. The first-order valence-electron chi connectivity index (χ1n) is 13.3. The van der Waals surface area contributed by atoms with E-state index < -0.39 is 53.8 Å². The Morgan fingerprint density at radius 2 is 1.29 bits per heavy atom. The van der Waals surface area contributed by atoms with E-state index in [2.05, 4.69) is 16.0 Å². The fourth-order valence-electron chi connectivity index (χ4n) is 4.11. The minimum atomic E-state index is -1.24. The van der Waals surface area contributed by atoms with Crippen LogP contribution in [-0.2, 0) is 36.8 Å². The number of nitrogens with one attached hydrogen (secondary N) is 3. The average molecular weight is 570 g/mol. The predicted octanol–water partition coefficient (Wildman–Crippen LogP) is 0.355. The molecule has 0 spiro atoms. The molecule has 9 N–H and O–H groups in total. The molecule has 0 bridgehead atoms. The van der Waals surface area contributed by atoms with Gasteiger partial charge >= 0.3 is 5.97 Å². The van der Waals surface area contributed by atoms with Gasteiger partial charge in [-0.1, -0.05) is 56.3 Å². The SMILES string of the molecule is CC(C)CC(NC(=O)C(CCC(N)=O)NC(=O)C(N)Cc1ccc(O)cc1)C(=O)NC(Cc1ccccc1)C(=O)O. The number of carboxylic acid groups (broad SMARTS) is 1. The van der Waals surface area contributed by atoms with Crippen molar-refractivity contribution >= 4 is 29.6 Å². The van der Waals surface area contributed by atoms with Crippen LogP contribution in [0.1, 0.15) is 44.2 Å². The Kier molecular flexibility index (Phi) is 12.8. The highest BCUT2D eigenvalue weighted by atomic mass is 16.4. The molecule has 0 aliphatic rings. The number of carboxylic acids is 1. The Labute approximate surface area is 238 Å². The van der Waals surface area contributed by atoms with Gasteiger partial charge in [-0.05, 0) is 48.4 Å². The highest BCUT2D eigenvalue weighted by Gasteiger charge is 2.31. The molecule has 4 atom stereocenters. The minimum Gasteiger partial charge on any atom is -0.508 e. The molecule has 2 aromatic rings. The first kappa shape index (κ1) is 32.8. The van der Waals surface area contributed by atoms with Crippen molar-refractivity contribution in [2.75, 3.05) is 0 Å². The summed E-state index contributed by atoms with van der Waals surface area (Å²) >= 11 is 0. The largest absolute Gasteiger partial charge is 0.508 e. The van der Waals surface area contributed by atoms with Crippen LogP contribution in [-0.4, -0.2) is 64.0 Å². The second-order valence-electron chi connectivity index (χ2n) is 10.3. The summed E-state index contributed by atoms with van der Waals surface area (Å²) in [6.07, 6.45) is -0.00932. The van der Waals surface area contributed by atoms with Gasteiger partial charge in [0.2, 0.25) is 23.6 Å². The molecule has 0 aromatic heterocycles. The second-order valence-corrected chi connectivity index (χ2v) is 10.3. The third-order valence-electron chi connectivity index (χ3n) is 6.28. The lowest BCUT2D eigenvalue weighted by molar-refractivity contribution is -0.142. The Morgan fingerprint density at radius 3 is 1.85 bits per heavy atom. The number of aromatic hydroxyl groups is 1. The van der Waals surface area contributed by atoms with Gasteiger partial charge in [0.05, 0.1) is 6.04 Å². The predicted molar refractivity (Wildman–Crippen MR) is 151 cm³/mol. The van der Waals surface area contributed by atoms with Crippen molar-refractivity contribution in [3.05, 3.63) is 65.7 Å². The van der Waals surface area contributed by atoms with Gasteiger partial charge in [-0.15, -0.1) is 0 Å². The van der Waals surface area contributed by atoms with Crippen molar-refractivity contribution in [3.63, 3.8) is 0 Å². The number of carbonyl (C=O) groups is 5. The quantitative estimate of drug-likeness (QED) is 0.149. The number of hydrogen-bond acceptors (Lipinski definition) is 7. The van der Waals surface area contributed by atoms with Crippen LogP contribution in [0, 0.1) is 5.92 Å². The molecular weight excluding hydrogens is 530 g/mol. The number of nitrogens with two attached hydrogens (primary N) is 2. The topological polar surface area (TPSA) is 214 Å². The number of carbonyl (C=O) groups excluding carboxylic acids is 4. The van der Waals surface area contributed by atoms with Crippen LogP contribution in [0.5, 0.6) is 5.75 Å². The van der Waals surface area contributed by atoms with Gasteiger partial charge in [-0.25, -0.2) is 4.79 Å². The van der Waals surface area contributed by atoms with Crippen LogP contribution in [0.15, 0.2) is 54.6 Å². The molecule has 0 saturated heterocycles. The van der Waals surface area contributed by atoms with Crippen LogP contribution >= 0.6 is 0 Å². The molecule has 4 unspecified atom stereocenters. The van der Waals surface area contributed by atoms with Gasteiger partial charge in [0.25, 0.3) is 0 Å². The monoisotopic (exact) mass is 569 g/mol. The van der Waals surface area contributed by atoms with Gasteiger partial charge in [-0.3, -0.25) is 19.2 Å². The lowest BCUT2D eigenvalue weighted by Gasteiger charge is -2.26. The molecule has 0 fully saturated rings. The van der Waals surface area contributed by atoms with E-state index in [0.717, 1.165) is 0 Å². The van der Waals surface area contributed by atoms with Crippen molar-refractivity contribution in [1.29, 1.82) is 0 Å². The molecule has 4 amide bonds. The zero-order chi connectivity index (χ0) is 30.5. The normalized spacial score (nSPS) is 13.9. The van der Waals surface area contributed by atoms with Crippen LogP contribution in [0.25, 0.3) is 0 Å². The van der Waals surface area contributed by atoms with E-state index in [1.165, 1.54) is 12.1 Å². The molecule has 0 saturated carbocycles. The van der Waals surface area contributed by atoms with E-state index in [1.807, 2.05) is 13.8 Å². The summed E-state index contributed by atoms with van der Waals surface area (Å²) in [6.45, 7) is 3.67. The number of phenols is 1. The summed E-state index contributed by atoms with van der Waals surface area (Å²) in [5, 5.41) is 26.8. The van der Waals surface area contributed by atoms with Crippen molar-refractivity contribution < 1.29 is 34.2 Å². The van der Waals surface area contributed by atoms with Crippen molar-refractivity contribution in [1.82, 2.24) is 16.0 Å². The number of amides is 4. The van der Waals surface area contributed by atoms with E-state index >= 15 is 0 Å². The van der Waals surface area contributed by atoms with Gasteiger partial charge in [0.15, 0.2) is 0 Å². The Morgan fingerprint density at radius 1 is 0.756 bits per heavy atom. The Hall–Kier alpha value is -4.45. The van der Waals surface area contributed by atoms with Gasteiger partial charge in [-0.2, -0.15) is 0 Å².